The Kier molecular flexibility index (Phi) is 8.10. The molecule has 2 aromatic carbocycles. The standard InChI is InChI=1S/C26H34N2O3/c1-4-23(26(30)27-22-14-8-9-15-22)28(17-21-12-6-5-7-13-21)25(29)18-31-24-16-10-11-19(2)20(24)3/h5-7,10-13,16,22-23H,4,8-9,14-15,17-18H2,1-3H3,(H,27,30)/t23-/m1/s1. The molecule has 2 aromatic rings. The van der Waals surface area contributed by atoms with Gasteiger partial charge in [0.25, 0.3) is 5.91 Å². The maximum Gasteiger partial charge on any atom is 0.261 e. The van der Waals surface area contributed by atoms with E-state index in [4.69, 9.17) is 4.74 Å². The second-order valence-electron chi connectivity index (χ2n) is 8.41. The summed E-state index contributed by atoms with van der Waals surface area (Å²) < 4.78 is 5.88. The largest absolute Gasteiger partial charge is 0.483 e. The fraction of sp³-hybridized carbons (Fsp3) is 0.462. The zero-order chi connectivity index (χ0) is 22.2. The third kappa shape index (κ3) is 6.09. The van der Waals surface area contributed by atoms with Crippen LogP contribution in [0, 0.1) is 13.8 Å². The first-order valence-corrected chi connectivity index (χ1v) is 11.3. The number of hydrogen-bond donors (Lipinski definition) is 1. The molecule has 2 amide bonds. The van der Waals surface area contributed by atoms with E-state index in [1.165, 1.54) is 0 Å². The number of hydrogen-bond acceptors (Lipinski definition) is 3. The van der Waals surface area contributed by atoms with Gasteiger partial charge >= 0.3 is 0 Å². The van der Waals surface area contributed by atoms with Gasteiger partial charge < -0.3 is 15.0 Å². The molecule has 31 heavy (non-hydrogen) atoms. The maximum atomic E-state index is 13.3. The molecule has 0 spiro atoms. The van der Waals surface area contributed by atoms with Gasteiger partial charge in [-0.2, -0.15) is 0 Å². The van der Waals surface area contributed by atoms with Crippen LogP contribution in [-0.2, 0) is 16.1 Å². The number of rotatable bonds is 9. The van der Waals surface area contributed by atoms with E-state index in [2.05, 4.69) is 5.32 Å². The van der Waals surface area contributed by atoms with Gasteiger partial charge in [-0.25, -0.2) is 0 Å². The van der Waals surface area contributed by atoms with Crippen LogP contribution in [0.25, 0.3) is 0 Å². The van der Waals surface area contributed by atoms with Gasteiger partial charge in [-0.1, -0.05) is 62.2 Å². The normalized spacial score (nSPS) is 14.8. The number of nitrogens with zero attached hydrogens (tertiary/aromatic N) is 1. The first-order valence-electron chi connectivity index (χ1n) is 11.3. The van der Waals surface area contributed by atoms with Gasteiger partial charge in [-0.15, -0.1) is 0 Å². The SMILES string of the molecule is CC[C@H](C(=O)NC1CCCC1)N(Cc1ccccc1)C(=O)COc1cccc(C)c1C. The second-order valence-corrected chi connectivity index (χ2v) is 8.41. The number of aryl methyl sites for hydroxylation is 1. The molecule has 1 aliphatic carbocycles. The summed E-state index contributed by atoms with van der Waals surface area (Å²) in [5.74, 6) is 0.458. The van der Waals surface area contributed by atoms with Crippen LogP contribution in [0.2, 0.25) is 0 Å². The van der Waals surface area contributed by atoms with Crippen molar-refractivity contribution in [1.82, 2.24) is 10.2 Å². The van der Waals surface area contributed by atoms with Crippen LogP contribution in [0.1, 0.15) is 55.7 Å². The molecule has 0 aromatic heterocycles. The fourth-order valence-corrected chi connectivity index (χ4v) is 4.17. The smallest absolute Gasteiger partial charge is 0.261 e. The highest BCUT2D eigenvalue weighted by Crippen LogP contribution is 2.22. The number of carbonyl (C=O) groups is 2. The van der Waals surface area contributed by atoms with E-state index >= 15 is 0 Å². The predicted octanol–water partition coefficient (Wildman–Crippen LogP) is 4.55. The highest BCUT2D eigenvalue weighted by Gasteiger charge is 2.30. The van der Waals surface area contributed by atoms with E-state index in [1.54, 1.807) is 4.90 Å². The molecular weight excluding hydrogens is 388 g/mol. The molecule has 0 unspecified atom stereocenters. The van der Waals surface area contributed by atoms with Crippen LogP contribution in [0.15, 0.2) is 48.5 Å². The molecule has 0 radical (unpaired) electrons. The van der Waals surface area contributed by atoms with Crippen LogP contribution in [0.4, 0.5) is 0 Å². The average molecular weight is 423 g/mol. The fourth-order valence-electron chi connectivity index (χ4n) is 4.17. The van der Waals surface area contributed by atoms with Crippen LogP contribution in [0.5, 0.6) is 5.75 Å². The topological polar surface area (TPSA) is 58.6 Å². The van der Waals surface area contributed by atoms with E-state index in [0.29, 0.717) is 18.7 Å². The minimum Gasteiger partial charge on any atom is -0.483 e. The Balaban J connectivity index is 1.75. The van der Waals surface area contributed by atoms with Crippen molar-refractivity contribution in [2.24, 2.45) is 0 Å². The summed E-state index contributed by atoms with van der Waals surface area (Å²) in [7, 11) is 0. The molecule has 0 heterocycles. The Labute approximate surface area is 185 Å². The van der Waals surface area contributed by atoms with Gasteiger partial charge in [0, 0.05) is 12.6 Å². The molecule has 1 atom stereocenters. The number of carbonyl (C=O) groups excluding carboxylic acids is 2. The van der Waals surface area contributed by atoms with Gasteiger partial charge in [0.1, 0.15) is 11.8 Å². The third-order valence-electron chi connectivity index (χ3n) is 6.19. The lowest BCUT2D eigenvalue weighted by Crippen LogP contribution is -2.52. The number of ether oxygens (including phenoxy) is 1. The molecular formula is C26H34N2O3. The van der Waals surface area contributed by atoms with Crippen LogP contribution >= 0.6 is 0 Å². The maximum absolute atomic E-state index is 13.3. The highest BCUT2D eigenvalue weighted by atomic mass is 16.5. The number of benzene rings is 2. The van der Waals surface area contributed by atoms with E-state index in [0.717, 1.165) is 42.4 Å². The van der Waals surface area contributed by atoms with Crippen molar-refractivity contribution in [3.05, 3.63) is 65.2 Å². The van der Waals surface area contributed by atoms with Gasteiger partial charge in [0.15, 0.2) is 6.61 Å². The van der Waals surface area contributed by atoms with Gasteiger partial charge in [-0.3, -0.25) is 9.59 Å². The first kappa shape index (κ1) is 22.9. The van der Waals surface area contributed by atoms with Gasteiger partial charge in [0.2, 0.25) is 5.91 Å². The lowest BCUT2D eigenvalue weighted by Gasteiger charge is -2.31. The summed E-state index contributed by atoms with van der Waals surface area (Å²) in [5, 5.41) is 3.17. The summed E-state index contributed by atoms with van der Waals surface area (Å²) in [6.07, 6.45) is 4.89. The summed E-state index contributed by atoms with van der Waals surface area (Å²) >= 11 is 0. The van der Waals surface area contributed by atoms with Crippen LogP contribution in [-0.4, -0.2) is 35.4 Å². The zero-order valence-electron chi connectivity index (χ0n) is 18.9. The summed E-state index contributed by atoms with van der Waals surface area (Å²) in [5.41, 5.74) is 3.14. The lowest BCUT2D eigenvalue weighted by atomic mass is 10.1. The first-order chi connectivity index (χ1) is 15.0. The molecule has 166 valence electrons. The van der Waals surface area contributed by atoms with Crippen molar-refractivity contribution < 1.29 is 14.3 Å². The van der Waals surface area contributed by atoms with Gasteiger partial charge in [-0.05, 0) is 55.9 Å². The van der Waals surface area contributed by atoms with Crippen LogP contribution in [0.3, 0.4) is 0 Å². The molecule has 1 N–H and O–H groups in total. The monoisotopic (exact) mass is 422 g/mol. The van der Waals surface area contributed by atoms with Crippen molar-refractivity contribution in [1.29, 1.82) is 0 Å². The van der Waals surface area contributed by atoms with E-state index < -0.39 is 6.04 Å². The Morgan fingerprint density at radius 1 is 1.06 bits per heavy atom. The Morgan fingerprint density at radius 3 is 2.45 bits per heavy atom. The Hall–Kier alpha value is -2.82. The highest BCUT2D eigenvalue weighted by molar-refractivity contribution is 5.88. The minimum absolute atomic E-state index is 0.0644. The number of amides is 2. The second kappa shape index (κ2) is 11.0. The minimum atomic E-state index is -0.518. The Morgan fingerprint density at radius 2 is 1.77 bits per heavy atom. The van der Waals surface area contributed by atoms with E-state index in [-0.39, 0.29) is 24.5 Å². The summed E-state index contributed by atoms with van der Waals surface area (Å²) in [4.78, 5) is 28.0. The molecule has 0 bridgehead atoms. The molecule has 1 aliphatic rings. The molecule has 0 aliphatic heterocycles. The molecule has 1 saturated carbocycles. The van der Waals surface area contributed by atoms with Crippen molar-refractivity contribution in [3.63, 3.8) is 0 Å². The predicted molar refractivity (Wildman–Crippen MR) is 123 cm³/mol. The molecule has 5 heteroatoms. The summed E-state index contributed by atoms with van der Waals surface area (Å²) in [6.45, 7) is 6.25. The zero-order valence-corrected chi connectivity index (χ0v) is 18.9. The number of nitrogens with one attached hydrogen (secondary N) is 1. The van der Waals surface area contributed by atoms with Crippen molar-refractivity contribution >= 4 is 11.8 Å². The van der Waals surface area contributed by atoms with Crippen molar-refractivity contribution in [2.75, 3.05) is 6.61 Å². The molecule has 0 saturated heterocycles. The van der Waals surface area contributed by atoms with E-state index in [1.807, 2.05) is 69.3 Å². The quantitative estimate of drug-likeness (QED) is 0.645. The molecule has 5 nitrogen and oxygen atoms in total. The van der Waals surface area contributed by atoms with Crippen molar-refractivity contribution in [2.45, 2.75) is 71.5 Å². The average Bonchev–Trinajstić information content (AvgIpc) is 3.28. The Bertz CT molecular complexity index is 875. The lowest BCUT2D eigenvalue weighted by molar-refractivity contribution is -0.143. The molecule has 3 rings (SSSR count). The van der Waals surface area contributed by atoms with E-state index in [9.17, 15) is 9.59 Å². The van der Waals surface area contributed by atoms with Crippen molar-refractivity contribution in [3.8, 4) is 5.75 Å². The summed E-state index contributed by atoms with van der Waals surface area (Å²) in [6, 6.07) is 15.3. The molecule has 1 fully saturated rings. The van der Waals surface area contributed by atoms with Crippen LogP contribution < -0.4 is 10.1 Å². The third-order valence-corrected chi connectivity index (χ3v) is 6.19. The van der Waals surface area contributed by atoms with Gasteiger partial charge in [0.05, 0.1) is 0 Å².